The highest BCUT2D eigenvalue weighted by atomic mass is 16.3. The van der Waals surface area contributed by atoms with E-state index in [1.54, 1.807) is 18.3 Å². The SMILES string of the molecule is C=Cc1oc2ncccc2c1C=C. The van der Waals surface area contributed by atoms with E-state index in [0.717, 1.165) is 16.7 Å². The van der Waals surface area contributed by atoms with Crippen molar-refractivity contribution < 1.29 is 4.42 Å². The van der Waals surface area contributed by atoms with Crippen molar-refractivity contribution in [3.8, 4) is 0 Å². The van der Waals surface area contributed by atoms with Gasteiger partial charge in [-0.05, 0) is 18.2 Å². The number of nitrogens with zero attached hydrogens (tertiary/aromatic N) is 1. The molecule has 2 aromatic rings. The van der Waals surface area contributed by atoms with Gasteiger partial charge in [-0.1, -0.05) is 19.2 Å². The van der Waals surface area contributed by atoms with Crippen LogP contribution in [0.15, 0.2) is 35.9 Å². The molecule has 0 aliphatic carbocycles. The van der Waals surface area contributed by atoms with Crippen LogP contribution in [0.2, 0.25) is 0 Å². The van der Waals surface area contributed by atoms with E-state index in [-0.39, 0.29) is 0 Å². The fourth-order valence-electron chi connectivity index (χ4n) is 1.33. The zero-order valence-corrected chi connectivity index (χ0v) is 7.16. The average molecular weight is 171 g/mol. The quantitative estimate of drug-likeness (QED) is 0.693. The summed E-state index contributed by atoms with van der Waals surface area (Å²) in [6.45, 7) is 7.39. The Bertz CT molecular complexity index is 468. The largest absolute Gasteiger partial charge is 0.438 e. The normalized spacial score (nSPS) is 10.2. The highest BCUT2D eigenvalue weighted by molar-refractivity contribution is 5.88. The van der Waals surface area contributed by atoms with Gasteiger partial charge in [0.15, 0.2) is 0 Å². The maximum Gasteiger partial charge on any atom is 0.227 e. The molecule has 13 heavy (non-hydrogen) atoms. The molecule has 0 saturated heterocycles. The van der Waals surface area contributed by atoms with Crippen LogP contribution in [0.5, 0.6) is 0 Å². The Labute approximate surface area is 76.2 Å². The van der Waals surface area contributed by atoms with Gasteiger partial charge in [-0.25, -0.2) is 4.98 Å². The Morgan fingerprint density at radius 1 is 1.31 bits per heavy atom. The van der Waals surface area contributed by atoms with E-state index in [4.69, 9.17) is 4.42 Å². The van der Waals surface area contributed by atoms with E-state index in [0.29, 0.717) is 5.71 Å². The molecule has 2 aromatic heterocycles. The molecule has 0 N–H and O–H groups in total. The van der Waals surface area contributed by atoms with Crippen molar-refractivity contribution in [1.29, 1.82) is 0 Å². The van der Waals surface area contributed by atoms with Crippen molar-refractivity contribution in [3.63, 3.8) is 0 Å². The number of hydrogen-bond acceptors (Lipinski definition) is 2. The van der Waals surface area contributed by atoms with Crippen molar-refractivity contribution in [2.24, 2.45) is 0 Å². The second-order valence-corrected chi connectivity index (χ2v) is 2.64. The predicted molar refractivity (Wildman–Crippen MR) is 54.2 cm³/mol. The van der Waals surface area contributed by atoms with Crippen molar-refractivity contribution in [2.75, 3.05) is 0 Å². The first-order valence-electron chi connectivity index (χ1n) is 3.99. The van der Waals surface area contributed by atoms with Crippen molar-refractivity contribution in [1.82, 2.24) is 4.98 Å². The van der Waals surface area contributed by atoms with Gasteiger partial charge in [0.05, 0.1) is 0 Å². The Morgan fingerprint density at radius 3 is 2.85 bits per heavy atom. The average Bonchev–Trinajstić information content (AvgIpc) is 2.55. The third-order valence-corrected chi connectivity index (χ3v) is 1.92. The summed E-state index contributed by atoms with van der Waals surface area (Å²) in [6.07, 6.45) is 5.12. The first-order valence-corrected chi connectivity index (χ1v) is 3.99. The first kappa shape index (κ1) is 7.80. The monoisotopic (exact) mass is 171 g/mol. The molecule has 0 fully saturated rings. The Balaban J connectivity index is 2.88. The van der Waals surface area contributed by atoms with Crippen molar-refractivity contribution in [2.45, 2.75) is 0 Å². The molecule has 0 atom stereocenters. The molecule has 0 spiro atoms. The summed E-state index contributed by atoms with van der Waals surface area (Å²) in [5.74, 6) is 0.726. The molecule has 2 heteroatoms. The van der Waals surface area contributed by atoms with E-state index in [1.165, 1.54) is 0 Å². The predicted octanol–water partition coefficient (Wildman–Crippen LogP) is 3.11. The lowest BCUT2D eigenvalue weighted by atomic mass is 10.1. The smallest absolute Gasteiger partial charge is 0.227 e. The summed E-state index contributed by atoms with van der Waals surface area (Å²) >= 11 is 0. The van der Waals surface area contributed by atoms with Gasteiger partial charge in [0.25, 0.3) is 0 Å². The van der Waals surface area contributed by atoms with Gasteiger partial charge in [0.2, 0.25) is 5.71 Å². The van der Waals surface area contributed by atoms with Crippen LogP contribution in [-0.4, -0.2) is 4.98 Å². The molecular formula is C11H9NO. The minimum atomic E-state index is 0.632. The van der Waals surface area contributed by atoms with Crippen LogP contribution in [0.25, 0.3) is 23.3 Å². The lowest BCUT2D eigenvalue weighted by Crippen LogP contribution is -1.72. The molecule has 0 amide bonds. The fraction of sp³-hybridized carbons (Fsp3) is 0. The summed E-state index contributed by atoms with van der Waals surface area (Å²) in [5, 5.41) is 0.979. The summed E-state index contributed by atoms with van der Waals surface area (Å²) in [5.41, 5.74) is 1.59. The van der Waals surface area contributed by atoms with E-state index in [1.807, 2.05) is 12.1 Å². The summed E-state index contributed by atoms with van der Waals surface area (Å²) in [7, 11) is 0. The molecular weight excluding hydrogens is 162 g/mol. The highest BCUT2D eigenvalue weighted by Crippen LogP contribution is 2.25. The molecule has 2 rings (SSSR count). The number of aromatic nitrogens is 1. The highest BCUT2D eigenvalue weighted by Gasteiger charge is 2.08. The maximum absolute atomic E-state index is 5.44. The van der Waals surface area contributed by atoms with E-state index in [9.17, 15) is 0 Å². The molecule has 64 valence electrons. The Morgan fingerprint density at radius 2 is 2.15 bits per heavy atom. The van der Waals surface area contributed by atoms with Gasteiger partial charge in [-0.15, -0.1) is 0 Å². The second-order valence-electron chi connectivity index (χ2n) is 2.64. The summed E-state index contributed by atoms with van der Waals surface area (Å²) in [6, 6.07) is 3.83. The van der Waals surface area contributed by atoms with Gasteiger partial charge in [0.1, 0.15) is 5.76 Å². The molecule has 0 aliphatic heterocycles. The number of fused-ring (bicyclic) bond motifs is 1. The van der Waals surface area contributed by atoms with E-state index >= 15 is 0 Å². The fourth-order valence-corrected chi connectivity index (χ4v) is 1.33. The number of hydrogen-bond donors (Lipinski definition) is 0. The number of rotatable bonds is 2. The zero-order valence-electron chi connectivity index (χ0n) is 7.16. The van der Waals surface area contributed by atoms with Crippen LogP contribution in [0.4, 0.5) is 0 Å². The molecule has 0 radical (unpaired) electrons. The van der Waals surface area contributed by atoms with Crippen molar-refractivity contribution in [3.05, 3.63) is 42.8 Å². The maximum atomic E-state index is 5.44. The summed E-state index contributed by atoms with van der Waals surface area (Å²) < 4.78 is 5.44. The molecule has 0 saturated carbocycles. The van der Waals surface area contributed by atoms with Crippen LogP contribution in [0, 0.1) is 0 Å². The van der Waals surface area contributed by atoms with Crippen LogP contribution < -0.4 is 0 Å². The molecule has 0 aliphatic rings. The first-order chi connectivity index (χ1) is 6.36. The van der Waals surface area contributed by atoms with Crippen LogP contribution in [0.3, 0.4) is 0 Å². The lowest BCUT2D eigenvalue weighted by molar-refractivity contribution is 0.591. The Kier molecular flexibility index (Phi) is 1.74. The molecule has 2 heterocycles. The minimum Gasteiger partial charge on any atom is -0.438 e. The Hall–Kier alpha value is -1.83. The van der Waals surface area contributed by atoms with Gasteiger partial charge in [0, 0.05) is 17.1 Å². The third-order valence-electron chi connectivity index (χ3n) is 1.92. The molecule has 0 bridgehead atoms. The lowest BCUT2D eigenvalue weighted by Gasteiger charge is -1.87. The van der Waals surface area contributed by atoms with Gasteiger partial charge in [-0.2, -0.15) is 0 Å². The van der Waals surface area contributed by atoms with Crippen molar-refractivity contribution >= 4 is 23.3 Å². The van der Waals surface area contributed by atoms with E-state index in [2.05, 4.69) is 18.1 Å². The van der Waals surface area contributed by atoms with Gasteiger partial charge in [-0.3, -0.25) is 0 Å². The van der Waals surface area contributed by atoms with E-state index < -0.39 is 0 Å². The van der Waals surface area contributed by atoms with Crippen LogP contribution >= 0.6 is 0 Å². The molecule has 0 unspecified atom stereocenters. The molecule has 0 aromatic carbocycles. The van der Waals surface area contributed by atoms with Gasteiger partial charge >= 0.3 is 0 Å². The third kappa shape index (κ3) is 1.07. The second kappa shape index (κ2) is 2.90. The zero-order chi connectivity index (χ0) is 9.26. The van der Waals surface area contributed by atoms with Crippen LogP contribution in [-0.2, 0) is 0 Å². The summed E-state index contributed by atoms with van der Waals surface area (Å²) in [4.78, 5) is 4.10. The topological polar surface area (TPSA) is 26.0 Å². The van der Waals surface area contributed by atoms with Gasteiger partial charge < -0.3 is 4.42 Å². The number of pyridine rings is 1. The molecule has 2 nitrogen and oxygen atoms in total. The minimum absolute atomic E-state index is 0.632. The number of furan rings is 1. The van der Waals surface area contributed by atoms with Crippen LogP contribution in [0.1, 0.15) is 11.3 Å². The standard InChI is InChI=1S/C11H9NO/c1-3-8-9-6-5-7-12-11(9)13-10(8)4-2/h3-7H,1-2H2.